The van der Waals surface area contributed by atoms with E-state index in [1.54, 1.807) is 0 Å². The summed E-state index contributed by atoms with van der Waals surface area (Å²) in [5.74, 6) is 0. The van der Waals surface area contributed by atoms with E-state index in [9.17, 15) is 16.8 Å². The van der Waals surface area contributed by atoms with Gasteiger partial charge < -0.3 is 4.98 Å². The molecule has 1 saturated carbocycles. The number of aromatic nitrogens is 2. The molecule has 22 heavy (non-hydrogen) atoms. The van der Waals surface area contributed by atoms with Gasteiger partial charge in [-0.1, -0.05) is 6.07 Å². The Bertz CT molecular complexity index is 872. The lowest BCUT2D eigenvalue weighted by Gasteiger charge is -2.09. The molecule has 0 radical (unpaired) electrons. The first-order valence-corrected chi connectivity index (χ1v) is 9.48. The zero-order valence-electron chi connectivity index (χ0n) is 11.4. The van der Waals surface area contributed by atoms with E-state index in [0.29, 0.717) is 0 Å². The lowest BCUT2D eigenvalue weighted by Crippen LogP contribution is -2.25. The molecule has 1 fully saturated rings. The van der Waals surface area contributed by atoms with E-state index in [-0.39, 0.29) is 21.8 Å². The van der Waals surface area contributed by atoms with Crippen molar-refractivity contribution in [3.63, 3.8) is 0 Å². The summed E-state index contributed by atoms with van der Waals surface area (Å²) < 4.78 is 53.2. The molecule has 0 spiro atoms. The number of anilines is 1. The number of imidazole rings is 1. The molecule has 1 aliphatic carbocycles. The van der Waals surface area contributed by atoms with Crippen molar-refractivity contribution in [1.82, 2.24) is 14.7 Å². The van der Waals surface area contributed by atoms with Crippen molar-refractivity contribution in [2.45, 2.75) is 28.9 Å². The first kappa shape index (κ1) is 15.0. The smallest absolute Gasteiger partial charge is 0.295 e. The highest BCUT2D eigenvalue weighted by Crippen LogP contribution is 2.23. The van der Waals surface area contributed by atoms with Crippen LogP contribution in [0.3, 0.4) is 0 Å². The van der Waals surface area contributed by atoms with Gasteiger partial charge in [0.1, 0.15) is 0 Å². The zero-order chi connectivity index (χ0) is 15.8. The fraction of sp³-hybridized carbons (Fsp3) is 0.250. The van der Waals surface area contributed by atoms with Crippen LogP contribution in [-0.2, 0) is 20.0 Å². The Labute approximate surface area is 128 Å². The Balaban J connectivity index is 1.85. The van der Waals surface area contributed by atoms with Crippen LogP contribution in [0.2, 0.25) is 0 Å². The van der Waals surface area contributed by atoms with Crippen LogP contribution in [0.5, 0.6) is 0 Å². The molecule has 3 N–H and O–H groups in total. The van der Waals surface area contributed by atoms with E-state index in [4.69, 9.17) is 0 Å². The van der Waals surface area contributed by atoms with E-state index in [1.807, 2.05) is 0 Å². The number of sulfonamides is 2. The van der Waals surface area contributed by atoms with Crippen LogP contribution in [-0.4, -0.2) is 32.8 Å². The topological polar surface area (TPSA) is 121 Å². The Morgan fingerprint density at radius 1 is 1.14 bits per heavy atom. The summed E-state index contributed by atoms with van der Waals surface area (Å²) in [6.07, 6.45) is 4.35. The summed E-state index contributed by atoms with van der Waals surface area (Å²) in [6, 6.07) is 5.60. The molecule has 0 atom stereocenters. The van der Waals surface area contributed by atoms with Crippen molar-refractivity contribution in [3.8, 4) is 0 Å². The summed E-state index contributed by atoms with van der Waals surface area (Å²) in [5, 5.41) is -0.239. The summed E-state index contributed by atoms with van der Waals surface area (Å²) in [5.41, 5.74) is 0.148. The van der Waals surface area contributed by atoms with Gasteiger partial charge in [-0.2, -0.15) is 8.42 Å². The molecule has 118 valence electrons. The molecule has 1 heterocycles. The largest absolute Gasteiger partial charge is 0.334 e. The highest BCUT2D eigenvalue weighted by atomic mass is 32.2. The summed E-state index contributed by atoms with van der Waals surface area (Å²) in [7, 11) is -7.51. The van der Waals surface area contributed by atoms with Crippen LogP contribution < -0.4 is 9.44 Å². The van der Waals surface area contributed by atoms with Gasteiger partial charge in [0, 0.05) is 18.4 Å². The molecule has 10 heteroatoms. The first-order chi connectivity index (χ1) is 10.4. The fourth-order valence-corrected chi connectivity index (χ4v) is 4.12. The standard InChI is InChI=1S/C12H14N4O4S2/c17-21(18,15-9-4-5-9)11-3-1-2-10(8-11)16-22(19,20)12-13-6-7-14-12/h1-3,6-9,15-16H,4-5H2,(H,13,14). The van der Waals surface area contributed by atoms with Crippen LogP contribution in [0, 0.1) is 0 Å². The second-order valence-corrected chi connectivity index (χ2v) is 8.23. The van der Waals surface area contributed by atoms with Crippen molar-refractivity contribution < 1.29 is 16.8 Å². The number of nitrogens with zero attached hydrogens (tertiary/aromatic N) is 1. The number of H-pyrrole nitrogens is 1. The second-order valence-electron chi connectivity index (χ2n) is 4.92. The van der Waals surface area contributed by atoms with E-state index in [0.717, 1.165) is 12.8 Å². The van der Waals surface area contributed by atoms with Crippen molar-refractivity contribution in [2.75, 3.05) is 4.72 Å². The minimum absolute atomic E-state index is 0.0130. The molecule has 1 aromatic carbocycles. The van der Waals surface area contributed by atoms with Crippen molar-refractivity contribution in [2.24, 2.45) is 0 Å². The third-order valence-corrected chi connectivity index (χ3v) is 5.78. The van der Waals surface area contributed by atoms with E-state index < -0.39 is 20.0 Å². The Morgan fingerprint density at radius 2 is 1.91 bits per heavy atom. The number of hydrogen-bond acceptors (Lipinski definition) is 5. The van der Waals surface area contributed by atoms with Gasteiger partial charge in [0.25, 0.3) is 10.0 Å². The second kappa shape index (κ2) is 5.38. The molecule has 2 aromatic rings. The predicted molar refractivity (Wildman–Crippen MR) is 79.2 cm³/mol. The molecule has 0 bridgehead atoms. The van der Waals surface area contributed by atoms with Crippen molar-refractivity contribution in [1.29, 1.82) is 0 Å². The first-order valence-electron chi connectivity index (χ1n) is 6.51. The third-order valence-electron chi connectivity index (χ3n) is 3.02. The zero-order valence-corrected chi connectivity index (χ0v) is 13.0. The van der Waals surface area contributed by atoms with Gasteiger partial charge in [0.2, 0.25) is 15.2 Å². The van der Waals surface area contributed by atoms with Crippen LogP contribution in [0.25, 0.3) is 0 Å². The SMILES string of the molecule is O=S(=O)(NC1CC1)c1cccc(NS(=O)(=O)c2ncc[nH]2)c1. The van der Waals surface area contributed by atoms with Gasteiger partial charge >= 0.3 is 0 Å². The average Bonchev–Trinajstić information content (AvgIpc) is 3.07. The minimum Gasteiger partial charge on any atom is -0.334 e. The number of hydrogen-bond donors (Lipinski definition) is 3. The quantitative estimate of drug-likeness (QED) is 0.712. The maximum atomic E-state index is 12.1. The molecule has 0 aliphatic heterocycles. The average molecular weight is 342 g/mol. The van der Waals surface area contributed by atoms with Gasteiger partial charge in [-0.25, -0.2) is 18.1 Å². The molecular formula is C12H14N4O4S2. The van der Waals surface area contributed by atoms with Crippen LogP contribution in [0.15, 0.2) is 46.7 Å². The minimum atomic E-state index is -3.87. The van der Waals surface area contributed by atoms with Gasteiger partial charge in [0.15, 0.2) is 0 Å². The number of benzene rings is 1. The monoisotopic (exact) mass is 342 g/mol. The van der Waals surface area contributed by atoms with Crippen molar-refractivity contribution in [3.05, 3.63) is 36.7 Å². The Hall–Kier alpha value is -1.91. The third kappa shape index (κ3) is 3.29. The number of rotatable bonds is 6. The van der Waals surface area contributed by atoms with E-state index in [2.05, 4.69) is 19.4 Å². The molecule has 1 aromatic heterocycles. The van der Waals surface area contributed by atoms with Gasteiger partial charge in [-0.05, 0) is 31.0 Å². The van der Waals surface area contributed by atoms with Crippen LogP contribution in [0.4, 0.5) is 5.69 Å². The maximum Gasteiger partial charge on any atom is 0.295 e. The van der Waals surface area contributed by atoms with E-state index >= 15 is 0 Å². The summed E-state index contributed by atoms with van der Waals surface area (Å²) in [6.45, 7) is 0. The molecular weight excluding hydrogens is 328 g/mol. The van der Waals surface area contributed by atoms with Gasteiger partial charge in [-0.15, -0.1) is 0 Å². The van der Waals surface area contributed by atoms with Gasteiger partial charge in [-0.3, -0.25) is 4.72 Å². The molecule has 0 amide bonds. The molecule has 0 unspecified atom stereocenters. The highest BCUT2D eigenvalue weighted by molar-refractivity contribution is 7.92. The fourth-order valence-electron chi connectivity index (χ4n) is 1.82. The number of nitrogens with one attached hydrogen (secondary N) is 3. The Morgan fingerprint density at radius 3 is 2.55 bits per heavy atom. The number of aromatic amines is 1. The maximum absolute atomic E-state index is 12.1. The van der Waals surface area contributed by atoms with Crippen molar-refractivity contribution >= 4 is 25.7 Å². The molecule has 0 saturated heterocycles. The van der Waals surface area contributed by atoms with E-state index in [1.165, 1.54) is 36.7 Å². The van der Waals surface area contributed by atoms with Crippen LogP contribution >= 0.6 is 0 Å². The Kier molecular flexibility index (Phi) is 3.67. The van der Waals surface area contributed by atoms with Crippen LogP contribution in [0.1, 0.15) is 12.8 Å². The normalized spacial score (nSPS) is 15.6. The predicted octanol–water partition coefficient (Wildman–Crippen LogP) is 0.651. The molecule has 8 nitrogen and oxygen atoms in total. The highest BCUT2D eigenvalue weighted by Gasteiger charge is 2.28. The summed E-state index contributed by atoms with van der Waals surface area (Å²) in [4.78, 5) is 6.16. The molecule has 1 aliphatic rings. The lowest BCUT2D eigenvalue weighted by atomic mass is 10.3. The molecule has 3 rings (SSSR count). The summed E-state index contributed by atoms with van der Waals surface area (Å²) >= 11 is 0. The lowest BCUT2D eigenvalue weighted by molar-refractivity contribution is 0.580. The van der Waals surface area contributed by atoms with Gasteiger partial charge in [0.05, 0.1) is 10.6 Å².